The molecule has 0 saturated heterocycles. The maximum absolute atomic E-state index is 12.1. The van der Waals surface area contributed by atoms with Crippen molar-refractivity contribution in [3.63, 3.8) is 0 Å². The monoisotopic (exact) mass is 253 g/mol. The van der Waals surface area contributed by atoms with Crippen LogP contribution in [0.25, 0.3) is 10.3 Å². The van der Waals surface area contributed by atoms with Gasteiger partial charge in [0.05, 0.1) is 5.39 Å². The summed E-state index contributed by atoms with van der Waals surface area (Å²) >= 11 is 1.37. The van der Waals surface area contributed by atoms with Gasteiger partial charge in [0.25, 0.3) is 5.56 Å². The Morgan fingerprint density at radius 2 is 1.88 bits per heavy atom. The van der Waals surface area contributed by atoms with E-state index in [2.05, 4.69) is 0 Å². The lowest BCUT2D eigenvalue weighted by atomic mass is 10.2. The summed E-state index contributed by atoms with van der Waals surface area (Å²) < 4.78 is 6.34. The average Bonchev–Trinajstić information content (AvgIpc) is 2.60. The third kappa shape index (κ3) is 1.95. The van der Waals surface area contributed by atoms with Crippen molar-refractivity contribution in [1.29, 1.82) is 0 Å². The molecular weight excluding hydrogens is 238 g/mol. The minimum Gasteiger partial charge on any atom is -0.398 e. The van der Waals surface area contributed by atoms with Gasteiger partial charge in [-0.15, -0.1) is 11.3 Å². The van der Waals surface area contributed by atoms with E-state index in [0.29, 0.717) is 16.2 Å². The molecule has 5 heteroatoms. The van der Waals surface area contributed by atoms with Crippen LogP contribution in [0.3, 0.4) is 0 Å². The molecule has 17 heavy (non-hydrogen) atoms. The Labute approximate surface area is 103 Å². The van der Waals surface area contributed by atoms with Gasteiger partial charge in [-0.1, -0.05) is 13.8 Å². The summed E-state index contributed by atoms with van der Waals surface area (Å²) in [7, 11) is 0. The molecule has 0 N–H and O–H groups in total. The van der Waals surface area contributed by atoms with Gasteiger partial charge in [0.2, 0.25) is 0 Å². The van der Waals surface area contributed by atoms with Gasteiger partial charge < -0.3 is 4.42 Å². The van der Waals surface area contributed by atoms with Crippen LogP contribution in [0.1, 0.15) is 44.5 Å². The van der Waals surface area contributed by atoms with Gasteiger partial charge >= 0.3 is 5.76 Å². The molecule has 0 fully saturated rings. The summed E-state index contributed by atoms with van der Waals surface area (Å²) in [6.45, 7) is 7.67. The van der Waals surface area contributed by atoms with Crippen molar-refractivity contribution in [3.8, 4) is 0 Å². The maximum atomic E-state index is 12.1. The molecule has 0 saturated carbocycles. The van der Waals surface area contributed by atoms with Crippen molar-refractivity contribution in [1.82, 2.24) is 4.57 Å². The molecule has 92 valence electrons. The standard InChI is InChI=1S/C12H15NO3S/c1-6(2)9-5-8-10(14)13(7(3)4)12(15)16-11(8)17-9/h5-7H,1-4H3. The highest BCUT2D eigenvalue weighted by molar-refractivity contribution is 7.18. The van der Waals surface area contributed by atoms with Gasteiger partial charge in [0.15, 0.2) is 4.90 Å². The second-order valence-corrected chi connectivity index (χ2v) is 5.69. The molecule has 0 radical (unpaired) electrons. The van der Waals surface area contributed by atoms with Crippen molar-refractivity contribution < 1.29 is 4.42 Å². The third-order valence-electron chi connectivity index (χ3n) is 2.63. The van der Waals surface area contributed by atoms with Crippen LogP contribution >= 0.6 is 11.3 Å². The summed E-state index contributed by atoms with van der Waals surface area (Å²) in [6.07, 6.45) is 0. The number of fused-ring (bicyclic) bond motifs is 1. The fraction of sp³-hybridized carbons (Fsp3) is 0.500. The van der Waals surface area contributed by atoms with Crippen LogP contribution in [0.5, 0.6) is 0 Å². The lowest BCUT2D eigenvalue weighted by molar-refractivity contribution is 0.430. The molecule has 0 bridgehead atoms. The van der Waals surface area contributed by atoms with Gasteiger partial charge in [-0.3, -0.25) is 4.79 Å². The normalized spacial score (nSPS) is 11.9. The first-order valence-electron chi connectivity index (χ1n) is 5.61. The summed E-state index contributed by atoms with van der Waals surface area (Å²) in [4.78, 5) is 25.3. The van der Waals surface area contributed by atoms with Crippen molar-refractivity contribution in [3.05, 3.63) is 31.8 Å². The molecule has 0 aliphatic rings. The molecule has 0 aliphatic carbocycles. The molecule has 0 atom stereocenters. The van der Waals surface area contributed by atoms with E-state index >= 15 is 0 Å². The Bertz CT molecular complexity index is 660. The van der Waals surface area contributed by atoms with Gasteiger partial charge in [-0.05, 0) is 25.8 Å². The first kappa shape index (κ1) is 12.1. The van der Waals surface area contributed by atoms with Gasteiger partial charge in [0, 0.05) is 10.9 Å². The quantitative estimate of drug-likeness (QED) is 0.827. The van der Waals surface area contributed by atoms with Crippen LogP contribution in [0.4, 0.5) is 0 Å². The molecule has 2 aromatic heterocycles. The van der Waals surface area contributed by atoms with Crippen molar-refractivity contribution in [2.45, 2.75) is 39.7 Å². The highest BCUT2D eigenvalue weighted by Gasteiger charge is 2.16. The molecule has 2 heterocycles. The molecule has 0 spiro atoms. The molecule has 0 aliphatic heterocycles. The smallest absolute Gasteiger partial charge is 0.398 e. The zero-order chi connectivity index (χ0) is 12.7. The van der Waals surface area contributed by atoms with E-state index in [1.165, 1.54) is 11.3 Å². The van der Waals surface area contributed by atoms with Crippen LogP contribution < -0.4 is 11.3 Å². The Morgan fingerprint density at radius 1 is 1.24 bits per heavy atom. The number of nitrogens with zero attached hydrogens (tertiary/aromatic N) is 1. The van der Waals surface area contributed by atoms with E-state index in [4.69, 9.17) is 4.42 Å². The second-order valence-electron chi connectivity index (χ2n) is 4.64. The number of rotatable bonds is 2. The SMILES string of the molecule is CC(C)c1cc2c(=O)n(C(C)C)c(=O)oc2s1. The second kappa shape index (κ2) is 4.14. The van der Waals surface area contributed by atoms with E-state index in [9.17, 15) is 9.59 Å². The average molecular weight is 253 g/mol. The number of hydrogen-bond donors (Lipinski definition) is 0. The largest absolute Gasteiger partial charge is 0.423 e. The number of aromatic nitrogens is 1. The highest BCUT2D eigenvalue weighted by atomic mass is 32.1. The summed E-state index contributed by atoms with van der Waals surface area (Å²) in [5, 5.41) is 0.506. The lowest BCUT2D eigenvalue weighted by Gasteiger charge is -2.05. The molecule has 2 aromatic rings. The van der Waals surface area contributed by atoms with Crippen molar-refractivity contribution in [2.75, 3.05) is 0 Å². The van der Waals surface area contributed by atoms with Gasteiger partial charge in [-0.2, -0.15) is 0 Å². The van der Waals surface area contributed by atoms with E-state index in [1.54, 1.807) is 13.8 Å². The van der Waals surface area contributed by atoms with E-state index < -0.39 is 5.76 Å². The summed E-state index contributed by atoms with van der Waals surface area (Å²) in [5.41, 5.74) is -0.255. The van der Waals surface area contributed by atoms with Crippen LogP contribution in [-0.2, 0) is 0 Å². The number of thiophene rings is 1. The van der Waals surface area contributed by atoms with Crippen LogP contribution in [0.2, 0.25) is 0 Å². The van der Waals surface area contributed by atoms with Gasteiger partial charge in [0.1, 0.15) is 0 Å². The summed E-state index contributed by atoms with van der Waals surface area (Å²) in [5.74, 6) is -0.251. The van der Waals surface area contributed by atoms with Crippen molar-refractivity contribution >= 4 is 21.6 Å². The Kier molecular flexibility index (Phi) is 2.95. The topological polar surface area (TPSA) is 52.2 Å². The summed E-state index contributed by atoms with van der Waals surface area (Å²) in [6, 6.07) is 1.64. The van der Waals surface area contributed by atoms with E-state index in [-0.39, 0.29) is 11.6 Å². The lowest BCUT2D eigenvalue weighted by Crippen LogP contribution is -2.33. The highest BCUT2D eigenvalue weighted by Crippen LogP contribution is 2.28. The van der Waals surface area contributed by atoms with E-state index in [0.717, 1.165) is 9.44 Å². The van der Waals surface area contributed by atoms with Crippen molar-refractivity contribution in [2.24, 2.45) is 0 Å². The Morgan fingerprint density at radius 3 is 2.41 bits per heavy atom. The fourth-order valence-electron chi connectivity index (χ4n) is 1.69. The first-order chi connectivity index (χ1) is 7.91. The zero-order valence-electron chi connectivity index (χ0n) is 10.3. The minimum absolute atomic E-state index is 0.189. The third-order valence-corrected chi connectivity index (χ3v) is 3.94. The Hall–Kier alpha value is -1.36. The van der Waals surface area contributed by atoms with Gasteiger partial charge in [-0.25, -0.2) is 9.36 Å². The molecule has 2 rings (SSSR count). The maximum Gasteiger partial charge on any atom is 0.423 e. The molecule has 0 unspecified atom stereocenters. The van der Waals surface area contributed by atoms with Crippen LogP contribution in [0, 0.1) is 0 Å². The van der Waals surface area contributed by atoms with Crippen LogP contribution in [0.15, 0.2) is 20.1 Å². The van der Waals surface area contributed by atoms with Crippen LogP contribution in [-0.4, -0.2) is 4.57 Å². The van der Waals surface area contributed by atoms with E-state index in [1.807, 2.05) is 19.9 Å². The molecule has 4 nitrogen and oxygen atoms in total. The predicted molar refractivity (Wildman–Crippen MR) is 69.1 cm³/mol. The fourth-order valence-corrected chi connectivity index (χ4v) is 2.68. The Balaban J connectivity index is 2.84. The number of hydrogen-bond acceptors (Lipinski definition) is 4. The molecular formula is C12H15NO3S. The minimum atomic E-state index is -0.574. The molecule has 0 amide bonds. The molecule has 0 aromatic carbocycles. The zero-order valence-corrected chi connectivity index (χ0v) is 11.1. The first-order valence-corrected chi connectivity index (χ1v) is 6.42. The predicted octanol–water partition coefficient (Wildman–Crippen LogP) is 2.72.